The number of ether oxygens (including phenoxy) is 2. The van der Waals surface area contributed by atoms with Gasteiger partial charge in [-0.3, -0.25) is 4.79 Å². The van der Waals surface area contributed by atoms with Crippen molar-refractivity contribution in [3.8, 4) is 11.5 Å². The van der Waals surface area contributed by atoms with E-state index in [4.69, 9.17) is 21.1 Å². The van der Waals surface area contributed by atoms with Gasteiger partial charge in [-0.05, 0) is 47.2 Å². The van der Waals surface area contributed by atoms with Crippen molar-refractivity contribution in [2.75, 3.05) is 12.4 Å². The second kappa shape index (κ2) is 7.60. The summed E-state index contributed by atoms with van der Waals surface area (Å²) in [5.74, 6) is -0.651. The highest BCUT2D eigenvalue weighted by molar-refractivity contribution is 6.31. The maximum Gasteiger partial charge on any atom is 0.406 e. The molecule has 0 aliphatic rings. The third-order valence-corrected chi connectivity index (χ3v) is 3.25. The number of nitrogens with zero attached hydrogens (tertiary/aromatic N) is 2. The van der Waals surface area contributed by atoms with Gasteiger partial charge < -0.3 is 24.9 Å². The average Bonchev–Trinajstić information content (AvgIpc) is 2.55. The molecule has 1 unspecified atom stereocenters. The average molecular weight is 352 g/mol. The molecule has 126 valence electrons. The van der Waals surface area contributed by atoms with Crippen LogP contribution in [0.2, 0.25) is 5.02 Å². The summed E-state index contributed by atoms with van der Waals surface area (Å²) in [7, 11) is 1.46. The molecule has 0 radical (unpaired) electrons. The molecule has 0 bridgehead atoms. The summed E-state index contributed by atoms with van der Waals surface area (Å²) in [6.45, 7) is 1.46. The molecule has 0 spiro atoms. The summed E-state index contributed by atoms with van der Waals surface area (Å²) in [5, 5.41) is 13.9. The van der Waals surface area contributed by atoms with Crippen molar-refractivity contribution < 1.29 is 19.2 Å². The molecule has 2 rings (SSSR count). The Hall–Kier alpha value is -2.87. The number of nitrogens with one attached hydrogen (secondary N) is 1. The second-order valence-corrected chi connectivity index (χ2v) is 5.11. The highest BCUT2D eigenvalue weighted by Gasteiger charge is 2.22. The number of aromatic nitrogens is 1. The predicted octanol–water partition coefficient (Wildman–Crippen LogP) is 3.06. The van der Waals surface area contributed by atoms with E-state index in [1.165, 1.54) is 38.4 Å². The molecule has 0 saturated heterocycles. The molecule has 0 saturated carbocycles. The van der Waals surface area contributed by atoms with Gasteiger partial charge >= 0.3 is 5.82 Å². The third kappa shape index (κ3) is 4.11. The topological polar surface area (TPSA) is 104 Å². The highest BCUT2D eigenvalue weighted by Crippen LogP contribution is 2.28. The molecule has 0 aliphatic heterocycles. The number of hydrogen-bond donors (Lipinski definition) is 1. The summed E-state index contributed by atoms with van der Waals surface area (Å²) < 4.78 is 10.5. The number of pyridine rings is 1. The Labute approximate surface area is 142 Å². The summed E-state index contributed by atoms with van der Waals surface area (Å²) in [4.78, 5) is 26.1. The van der Waals surface area contributed by atoms with Gasteiger partial charge in [-0.15, -0.1) is 0 Å². The minimum atomic E-state index is -1.00. The van der Waals surface area contributed by atoms with Gasteiger partial charge in [-0.2, -0.15) is 0 Å². The molecule has 24 heavy (non-hydrogen) atoms. The zero-order chi connectivity index (χ0) is 17.7. The molecule has 0 fully saturated rings. The number of benzene rings is 1. The predicted molar refractivity (Wildman–Crippen MR) is 87.6 cm³/mol. The van der Waals surface area contributed by atoms with Crippen LogP contribution in [-0.2, 0) is 4.79 Å². The minimum absolute atomic E-state index is 0.0943. The normalized spacial score (nSPS) is 11.5. The van der Waals surface area contributed by atoms with Crippen LogP contribution in [0, 0.1) is 10.1 Å². The van der Waals surface area contributed by atoms with Crippen LogP contribution >= 0.6 is 11.6 Å². The zero-order valence-electron chi connectivity index (χ0n) is 12.9. The molecule has 0 aliphatic carbocycles. The third-order valence-electron chi connectivity index (χ3n) is 3.02. The standard InChI is InChI=1S/C15H14ClN3O5/c1-9(24-13-4-3-7-17-14(13)19(21)22)15(20)18-11-8-10(16)5-6-12(11)23-2/h3-9H,1-2H3,(H,18,20). The lowest BCUT2D eigenvalue weighted by molar-refractivity contribution is -0.390. The van der Waals surface area contributed by atoms with Crippen molar-refractivity contribution in [2.45, 2.75) is 13.0 Å². The van der Waals surface area contributed by atoms with Gasteiger partial charge in [-0.25, -0.2) is 0 Å². The second-order valence-electron chi connectivity index (χ2n) is 4.68. The number of methoxy groups -OCH3 is 1. The lowest BCUT2D eigenvalue weighted by Gasteiger charge is -2.16. The van der Waals surface area contributed by atoms with Crippen LogP contribution in [0.1, 0.15) is 6.92 Å². The smallest absolute Gasteiger partial charge is 0.406 e. The van der Waals surface area contributed by atoms with Gasteiger partial charge in [0.05, 0.1) is 12.8 Å². The molecule has 1 N–H and O–H groups in total. The molecule has 1 aromatic heterocycles. The van der Waals surface area contributed by atoms with E-state index in [1.807, 2.05) is 0 Å². The van der Waals surface area contributed by atoms with Crippen molar-refractivity contribution in [3.05, 3.63) is 51.7 Å². The monoisotopic (exact) mass is 351 g/mol. The lowest BCUT2D eigenvalue weighted by atomic mass is 10.2. The highest BCUT2D eigenvalue weighted by atomic mass is 35.5. The van der Waals surface area contributed by atoms with Crippen molar-refractivity contribution in [1.82, 2.24) is 4.98 Å². The lowest BCUT2D eigenvalue weighted by Crippen LogP contribution is -2.30. The van der Waals surface area contributed by atoms with Crippen LogP contribution in [0.4, 0.5) is 11.5 Å². The Bertz CT molecular complexity index is 769. The van der Waals surface area contributed by atoms with Crippen LogP contribution in [0.15, 0.2) is 36.5 Å². The molecule has 1 aromatic carbocycles. The summed E-state index contributed by atoms with van der Waals surface area (Å²) in [5.41, 5.74) is 0.367. The van der Waals surface area contributed by atoms with Gasteiger partial charge in [0, 0.05) is 5.02 Å². The number of halogens is 1. The summed E-state index contributed by atoms with van der Waals surface area (Å²) in [6.07, 6.45) is 0.267. The van der Waals surface area contributed by atoms with Crippen molar-refractivity contribution >= 4 is 29.0 Å². The Morgan fingerprint density at radius 1 is 1.38 bits per heavy atom. The largest absolute Gasteiger partial charge is 0.495 e. The van der Waals surface area contributed by atoms with Crippen LogP contribution in [0.3, 0.4) is 0 Å². The molecule has 8 nitrogen and oxygen atoms in total. The Morgan fingerprint density at radius 3 is 2.79 bits per heavy atom. The van der Waals surface area contributed by atoms with E-state index in [2.05, 4.69) is 10.3 Å². The van der Waals surface area contributed by atoms with Crippen LogP contribution in [0.5, 0.6) is 11.5 Å². The number of rotatable bonds is 6. The van der Waals surface area contributed by atoms with E-state index in [0.29, 0.717) is 16.5 Å². The van der Waals surface area contributed by atoms with Gasteiger partial charge in [0.15, 0.2) is 6.10 Å². The van der Waals surface area contributed by atoms with E-state index >= 15 is 0 Å². The van der Waals surface area contributed by atoms with Gasteiger partial charge in [0.25, 0.3) is 5.91 Å². The molecule has 1 amide bonds. The van der Waals surface area contributed by atoms with Gasteiger partial charge in [0.1, 0.15) is 11.9 Å². The molecule has 1 atom stereocenters. The fraction of sp³-hybridized carbons (Fsp3) is 0.200. The van der Waals surface area contributed by atoms with E-state index < -0.39 is 22.8 Å². The molecular formula is C15H14ClN3O5. The number of nitro groups is 1. The van der Waals surface area contributed by atoms with Crippen molar-refractivity contribution in [2.24, 2.45) is 0 Å². The first-order valence-corrected chi connectivity index (χ1v) is 7.20. The number of carbonyl (C=O) groups is 1. The summed E-state index contributed by atoms with van der Waals surface area (Å²) >= 11 is 5.90. The molecule has 2 aromatic rings. The van der Waals surface area contributed by atoms with E-state index in [-0.39, 0.29) is 5.75 Å². The van der Waals surface area contributed by atoms with Gasteiger partial charge in [0.2, 0.25) is 5.75 Å². The maximum absolute atomic E-state index is 12.3. The summed E-state index contributed by atoms with van der Waals surface area (Å²) in [6, 6.07) is 7.60. The Balaban J connectivity index is 2.14. The first-order valence-electron chi connectivity index (χ1n) is 6.83. The molecule has 1 heterocycles. The van der Waals surface area contributed by atoms with Crippen LogP contribution in [-0.4, -0.2) is 29.0 Å². The quantitative estimate of drug-likeness (QED) is 0.633. The zero-order valence-corrected chi connectivity index (χ0v) is 13.6. The van der Waals surface area contributed by atoms with Crippen molar-refractivity contribution in [1.29, 1.82) is 0 Å². The fourth-order valence-electron chi connectivity index (χ4n) is 1.87. The van der Waals surface area contributed by atoms with Crippen LogP contribution in [0.25, 0.3) is 0 Å². The molecular weight excluding hydrogens is 338 g/mol. The SMILES string of the molecule is COc1ccc(Cl)cc1NC(=O)C(C)Oc1cccnc1[N+](=O)[O-]. The van der Waals surface area contributed by atoms with Gasteiger partial charge in [-0.1, -0.05) is 11.6 Å². The number of amides is 1. The van der Waals surface area contributed by atoms with E-state index in [0.717, 1.165) is 0 Å². The van der Waals surface area contributed by atoms with E-state index in [1.54, 1.807) is 12.1 Å². The minimum Gasteiger partial charge on any atom is -0.495 e. The number of carbonyl (C=O) groups excluding carboxylic acids is 1. The first-order chi connectivity index (χ1) is 11.4. The number of anilines is 1. The Morgan fingerprint density at radius 2 is 2.12 bits per heavy atom. The first kappa shape index (κ1) is 17.5. The number of hydrogen-bond acceptors (Lipinski definition) is 6. The van der Waals surface area contributed by atoms with Crippen LogP contribution < -0.4 is 14.8 Å². The maximum atomic E-state index is 12.3. The Kier molecular flexibility index (Phi) is 5.54. The van der Waals surface area contributed by atoms with Crippen molar-refractivity contribution in [3.63, 3.8) is 0 Å². The van der Waals surface area contributed by atoms with E-state index in [9.17, 15) is 14.9 Å². The fourth-order valence-corrected chi connectivity index (χ4v) is 2.04. The molecule has 9 heteroatoms.